The zero-order valence-corrected chi connectivity index (χ0v) is 11.3. The first-order chi connectivity index (χ1) is 8.38. The van der Waals surface area contributed by atoms with Gasteiger partial charge in [0.15, 0.2) is 0 Å². The minimum atomic E-state index is 0.823. The standard InChI is InChI=1S/C13H21N3S/c1-14-9-11-7-8-15-13(16-11)10-17-12-5-3-2-4-6-12/h7-8,12,14H,2-6,9-10H2,1H3. The van der Waals surface area contributed by atoms with Crippen LogP contribution in [0, 0.1) is 0 Å². The lowest BCUT2D eigenvalue weighted by Crippen LogP contribution is -2.10. The summed E-state index contributed by atoms with van der Waals surface area (Å²) >= 11 is 2.03. The summed E-state index contributed by atoms with van der Waals surface area (Å²) in [6.45, 7) is 0.823. The molecular weight excluding hydrogens is 230 g/mol. The Hall–Kier alpha value is -0.610. The van der Waals surface area contributed by atoms with E-state index >= 15 is 0 Å². The lowest BCUT2D eigenvalue weighted by molar-refractivity contribution is 0.516. The molecule has 1 aromatic heterocycles. The van der Waals surface area contributed by atoms with Crippen molar-refractivity contribution in [3.05, 3.63) is 23.8 Å². The van der Waals surface area contributed by atoms with Gasteiger partial charge in [0.2, 0.25) is 0 Å². The van der Waals surface area contributed by atoms with Crippen LogP contribution < -0.4 is 5.32 Å². The number of thioether (sulfide) groups is 1. The van der Waals surface area contributed by atoms with Crippen molar-refractivity contribution in [1.82, 2.24) is 15.3 Å². The lowest BCUT2D eigenvalue weighted by Gasteiger charge is -2.20. The second-order valence-corrected chi connectivity index (χ2v) is 5.85. The number of hydrogen-bond donors (Lipinski definition) is 1. The van der Waals surface area contributed by atoms with Crippen LogP contribution in [0.25, 0.3) is 0 Å². The average Bonchev–Trinajstić information content (AvgIpc) is 2.39. The van der Waals surface area contributed by atoms with E-state index in [1.807, 2.05) is 31.1 Å². The number of nitrogens with zero attached hydrogens (tertiary/aromatic N) is 2. The zero-order valence-electron chi connectivity index (χ0n) is 10.5. The molecule has 0 spiro atoms. The van der Waals surface area contributed by atoms with Gasteiger partial charge in [0.05, 0.1) is 11.4 Å². The van der Waals surface area contributed by atoms with Crippen LogP contribution in [0.1, 0.15) is 43.6 Å². The fourth-order valence-corrected chi connectivity index (χ4v) is 3.41. The molecule has 0 aliphatic heterocycles. The number of rotatable bonds is 5. The van der Waals surface area contributed by atoms with Gasteiger partial charge in [-0.15, -0.1) is 0 Å². The summed E-state index contributed by atoms with van der Waals surface area (Å²) in [5.74, 6) is 1.94. The molecule has 3 nitrogen and oxygen atoms in total. The average molecular weight is 251 g/mol. The molecule has 0 saturated heterocycles. The molecule has 4 heteroatoms. The maximum absolute atomic E-state index is 4.55. The molecule has 0 atom stereocenters. The fourth-order valence-electron chi connectivity index (χ4n) is 2.21. The largest absolute Gasteiger partial charge is 0.314 e. The van der Waals surface area contributed by atoms with Crippen LogP contribution in [0.5, 0.6) is 0 Å². The zero-order chi connectivity index (χ0) is 11.9. The van der Waals surface area contributed by atoms with Crippen LogP contribution in [-0.2, 0) is 12.3 Å². The molecule has 94 valence electrons. The van der Waals surface area contributed by atoms with E-state index in [1.54, 1.807) is 0 Å². The van der Waals surface area contributed by atoms with Crippen molar-refractivity contribution >= 4 is 11.8 Å². The summed E-state index contributed by atoms with van der Waals surface area (Å²) in [5, 5.41) is 3.95. The summed E-state index contributed by atoms with van der Waals surface area (Å²) in [5.41, 5.74) is 1.08. The molecule has 0 amide bonds. The van der Waals surface area contributed by atoms with E-state index in [1.165, 1.54) is 32.1 Å². The Morgan fingerprint density at radius 2 is 2.18 bits per heavy atom. The highest BCUT2D eigenvalue weighted by Gasteiger charge is 2.14. The molecule has 17 heavy (non-hydrogen) atoms. The van der Waals surface area contributed by atoms with E-state index in [4.69, 9.17) is 0 Å². The van der Waals surface area contributed by atoms with Crippen molar-refractivity contribution in [2.24, 2.45) is 0 Å². The molecule has 1 fully saturated rings. The molecule has 1 saturated carbocycles. The highest BCUT2D eigenvalue weighted by Crippen LogP contribution is 2.29. The smallest absolute Gasteiger partial charge is 0.138 e. The summed E-state index contributed by atoms with van der Waals surface area (Å²) in [4.78, 5) is 8.90. The van der Waals surface area contributed by atoms with E-state index in [0.29, 0.717) is 0 Å². The number of hydrogen-bond acceptors (Lipinski definition) is 4. The third-order valence-electron chi connectivity index (χ3n) is 3.12. The second kappa shape index (κ2) is 6.97. The van der Waals surface area contributed by atoms with Crippen molar-refractivity contribution in [3.63, 3.8) is 0 Å². The van der Waals surface area contributed by atoms with E-state index in [2.05, 4.69) is 15.3 Å². The Labute approximate surface area is 108 Å². The Kier molecular flexibility index (Phi) is 5.26. The first-order valence-electron chi connectivity index (χ1n) is 6.45. The molecule has 0 unspecified atom stereocenters. The first kappa shape index (κ1) is 12.8. The third kappa shape index (κ3) is 4.28. The molecule has 1 aliphatic rings. The Morgan fingerprint density at radius 1 is 1.35 bits per heavy atom. The van der Waals surface area contributed by atoms with Gasteiger partial charge in [-0.25, -0.2) is 9.97 Å². The molecule has 1 aliphatic carbocycles. The predicted octanol–water partition coefficient (Wildman–Crippen LogP) is 2.76. The molecular formula is C13H21N3S. The molecule has 2 rings (SSSR count). The van der Waals surface area contributed by atoms with E-state index in [9.17, 15) is 0 Å². The van der Waals surface area contributed by atoms with Crippen LogP contribution in [0.2, 0.25) is 0 Å². The van der Waals surface area contributed by atoms with Crippen molar-refractivity contribution in [2.75, 3.05) is 7.05 Å². The van der Waals surface area contributed by atoms with Crippen molar-refractivity contribution in [3.8, 4) is 0 Å². The number of aromatic nitrogens is 2. The van der Waals surface area contributed by atoms with Crippen molar-refractivity contribution < 1.29 is 0 Å². The van der Waals surface area contributed by atoms with E-state index in [0.717, 1.165) is 29.1 Å². The molecule has 1 N–H and O–H groups in total. The maximum atomic E-state index is 4.55. The highest BCUT2D eigenvalue weighted by molar-refractivity contribution is 7.99. The normalized spacial score (nSPS) is 17.2. The summed E-state index contributed by atoms with van der Waals surface area (Å²) < 4.78 is 0. The Bertz CT molecular complexity index is 337. The minimum Gasteiger partial charge on any atom is -0.314 e. The minimum absolute atomic E-state index is 0.823. The Balaban J connectivity index is 1.83. The van der Waals surface area contributed by atoms with Crippen LogP contribution >= 0.6 is 11.8 Å². The molecule has 0 bridgehead atoms. The van der Waals surface area contributed by atoms with Gasteiger partial charge in [-0.3, -0.25) is 0 Å². The first-order valence-corrected chi connectivity index (χ1v) is 7.50. The van der Waals surface area contributed by atoms with Gasteiger partial charge in [-0.05, 0) is 26.0 Å². The fraction of sp³-hybridized carbons (Fsp3) is 0.692. The topological polar surface area (TPSA) is 37.8 Å². The van der Waals surface area contributed by atoms with Gasteiger partial charge >= 0.3 is 0 Å². The third-order valence-corrected chi connectivity index (χ3v) is 4.49. The van der Waals surface area contributed by atoms with Crippen LogP contribution in [0.15, 0.2) is 12.3 Å². The van der Waals surface area contributed by atoms with Crippen LogP contribution in [0.4, 0.5) is 0 Å². The predicted molar refractivity (Wildman–Crippen MR) is 73.0 cm³/mol. The van der Waals surface area contributed by atoms with Crippen LogP contribution in [0.3, 0.4) is 0 Å². The van der Waals surface area contributed by atoms with Gasteiger partial charge in [0.25, 0.3) is 0 Å². The molecule has 0 aromatic carbocycles. The SMILES string of the molecule is CNCc1ccnc(CSC2CCCCC2)n1. The van der Waals surface area contributed by atoms with E-state index < -0.39 is 0 Å². The van der Waals surface area contributed by atoms with E-state index in [-0.39, 0.29) is 0 Å². The Morgan fingerprint density at radius 3 is 2.94 bits per heavy atom. The summed E-state index contributed by atoms with van der Waals surface area (Å²) in [6.07, 6.45) is 8.85. The highest BCUT2D eigenvalue weighted by atomic mass is 32.2. The van der Waals surface area contributed by atoms with Crippen LogP contribution in [-0.4, -0.2) is 22.3 Å². The molecule has 1 aromatic rings. The summed E-state index contributed by atoms with van der Waals surface area (Å²) in [6, 6.07) is 1.98. The van der Waals surface area contributed by atoms with Gasteiger partial charge in [0, 0.05) is 18.0 Å². The van der Waals surface area contributed by atoms with Gasteiger partial charge in [0.1, 0.15) is 5.82 Å². The van der Waals surface area contributed by atoms with Crippen molar-refractivity contribution in [1.29, 1.82) is 0 Å². The van der Waals surface area contributed by atoms with Gasteiger partial charge in [-0.1, -0.05) is 19.3 Å². The van der Waals surface area contributed by atoms with Crippen molar-refractivity contribution in [2.45, 2.75) is 49.7 Å². The lowest BCUT2D eigenvalue weighted by atomic mass is 10.0. The second-order valence-electron chi connectivity index (χ2n) is 4.57. The summed E-state index contributed by atoms with van der Waals surface area (Å²) in [7, 11) is 1.94. The molecule has 1 heterocycles. The monoisotopic (exact) mass is 251 g/mol. The molecule has 0 radical (unpaired) electrons. The quantitative estimate of drug-likeness (QED) is 0.873. The number of nitrogens with one attached hydrogen (secondary N) is 1. The maximum Gasteiger partial charge on any atom is 0.138 e. The van der Waals surface area contributed by atoms with Gasteiger partial charge in [-0.2, -0.15) is 11.8 Å². The van der Waals surface area contributed by atoms with Gasteiger partial charge < -0.3 is 5.32 Å².